The molecule has 2 aromatic heterocycles. The molecule has 4 N–H and O–H groups in total. The van der Waals surface area contributed by atoms with Crippen molar-refractivity contribution in [2.24, 2.45) is 0 Å². The molecular formula is C20H23F3N6O5. The molecule has 0 saturated heterocycles. The van der Waals surface area contributed by atoms with Gasteiger partial charge in [0.25, 0.3) is 5.91 Å². The van der Waals surface area contributed by atoms with Crippen LogP contribution in [0.25, 0.3) is 0 Å². The van der Waals surface area contributed by atoms with E-state index in [2.05, 4.69) is 25.5 Å². The van der Waals surface area contributed by atoms with Gasteiger partial charge in [-0.1, -0.05) is 6.07 Å². The van der Waals surface area contributed by atoms with Crippen LogP contribution < -0.4 is 16.0 Å². The molecule has 184 valence electrons. The first-order chi connectivity index (χ1) is 16.1. The number of hydrogen-bond acceptors (Lipinski definition) is 7. The summed E-state index contributed by atoms with van der Waals surface area (Å²) in [5.74, 6) is -1.35. The average Bonchev–Trinajstić information content (AvgIpc) is 3.27. The summed E-state index contributed by atoms with van der Waals surface area (Å²) in [6.07, 6.45) is -0.944. The van der Waals surface area contributed by atoms with Gasteiger partial charge in [0, 0.05) is 37.9 Å². The number of rotatable bonds is 9. The third-order valence-electron chi connectivity index (χ3n) is 4.87. The minimum atomic E-state index is -4.75. The molecule has 1 unspecified atom stereocenters. The number of nitrogens with one attached hydrogen (secondary N) is 3. The number of alkyl carbamates (subject to hydrolysis) is 1. The number of fused-ring (bicyclic) bond motifs is 1. The van der Waals surface area contributed by atoms with Gasteiger partial charge in [0.15, 0.2) is 6.61 Å². The highest BCUT2D eigenvalue weighted by atomic mass is 19.4. The average molecular weight is 484 g/mol. The highest BCUT2D eigenvalue weighted by Crippen LogP contribution is 2.20. The van der Waals surface area contributed by atoms with Gasteiger partial charge in [-0.25, -0.2) is 14.6 Å². The van der Waals surface area contributed by atoms with Gasteiger partial charge in [0.1, 0.15) is 11.9 Å². The standard InChI is InChI=1S/C20H23F3N6O5/c21-20(22,23)11-34-19(33)28-15(18(31)32)9-25-17(30)13-8-26-29(10-13)7-5-14-4-3-12-2-1-6-24-16(12)27-14/h3-4,8,10,15H,1-2,5-7,9,11H2,(H,24,27)(H,25,30)(H,28,33)(H,31,32). The number of pyridine rings is 1. The van der Waals surface area contributed by atoms with Crippen LogP contribution in [0, 0.1) is 0 Å². The molecule has 1 aliphatic heterocycles. The van der Waals surface area contributed by atoms with Crippen LogP contribution in [0.15, 0.2) is 24.5 Å². The fourth-order valence-corrected chi connectivity index (χ4v) is 3.17. The number of aliphatic carboxylic acids is 1. The number of halogens is 3. The molecule has 1 aliphatic rings. The number of ether oxygens (including phenoxy) is 1. The summed E-state index contributed by atoms with van der Waals surface area (Å²) < 4.78 is 41.7. The number of anilines is 1. The Morgan fingerprint density at radius 1 is 1.29 bits per heavy atom. The third-order valence-corrected chi connectivity index (χ3v) is 4.87. The molecule has 0 spiro atoms. The molecule has 2 aromatic rings. The fraction of sp³-hybridized carbons (Fsp3) is 0.450. The van der Waals surface area contributed by atoms with Gasteiger partial charge in [-0.05, 0) is 24.5 Å². The second-order valence-electron chi connectivity index (χ2n) is 7.52. The van der Waals surface area contributed by atoms with Crippen LogP contribution in [0.1, 0.15) is 28.0 Å². The number of carboxylic acids is 1. The molecule has 3 heterocycles. The fourth-order valence-electron chi connectivity index (χ4n) is 3.17. The minimum Gasteiger partial charge on any atom is -0.480 e. The number of carbonyl (C=O) groups is 3. The Bertz CT molecular complexity index is 1040. The highest BCUT2D eigenvalue weighted by molar-refractivity contribution is 5.94. The maximum absolute atomic E-state index is 12.3. The Balaban J connectivity index is 1.48. The van der Waals surface area contributed by atoms with Crippen molar-refractivity contribution in [3.05, 3.63) is 41.3 Å². The van der Waals surface area contributed by atoms with Crippen LogP contribution in [0.3, 0.4) is 0 Å². The van der Waals surface area contributed by atoms with Crippen LogP contribution in [-0.2, 0) is 28.9 Å². The quantitative estimate of drug-likeness (QED) is 0.417. The van der Waals surface area contributed by atoms with E-state index in [9.17, 15) is 27.6 Å². The second-order valence-corrected chi connectivity index (χ2v) is 7.52. The zero-order chi connectivity index (χ0) is 24.7. The van der Waals surface area contributed by atoms with Gasteiger partial charge < -0.3 is 25.8 Å². The molecule has 0 fully saturated rings. The number of aryl methyl sites for hydroxylation is 3. The first-order valence-corrected chi connectivity index (χ1v) is 10.4. The van der Waals surface area contributed by atoms with Crippen molar-refractivity contribution in [1.82, 2.24) is 25.4 Å². The highest BCUT2D eigenvalue weighted by Gasteiger charge is 2.30. The van der Waals surface area contributed by atoms with Gasteiger partial charge >= 0.3 is 18.2 Å². The van der Waals surface area contributed by atoms with Gasteiger partial charge in [-0.3, -0.25) is 9.48 Å². The van der Waals surface area contributed by atoms with Crippen molar-refractivity contribution < 1.29 is 37.4 Å². The van der Waals surface area contributed by atoms with E-state index in [1.807, 2.05) is 12.1 Å². The Labute approximate surface area is 191 Å². The zero-order valence-electron chi connectivity index (χ0n) is 17.9. The van der Waals surface area contributed by atoms with Crippen LogP contribution in [0.4, 0.5) is 23.8 Å². The van der Waals surface area contributed by atoms with Crippen LogP contribution in [0.2, 0.25) is 0 Å². The van der Waals surface area contributed by atoms with E-state index in [0.717, 1.165) is 30.9 Å². The Kier molecular flexibility index (Phi) is 7.91. The maximum Gasteiger partial charge on any atom is 0.422 e. The number of alkyl halides is 3. The Hall–Kier alpha value is -3.84. The molecule has 0 aromatic carbocycles. The molecule has 0 aliphatic carbocycles. The number of hydrogen-bond donors (Lipinski definition) is 4. The van der Waals surface area contributed by atoms with E-state index in [1.54, 1.807) is 5.32 Å². The van der Waals surface area contributed by atoms with Crippen molar-refractivity contribution in [2.45, 2.75) is 38.0 Å². The van der Waals surface area contributed by atoms with E-state index in [0.29, 0.717) is 13.0 Å². The summed E-state index contributed by atoms with van der Waals surface area (Å²) in [6, 6.07) is 2.29. The van der Waals surface area contributed by atoms with E-state index in [4.69, 9.17) is 5.11 Å². The number of aromatic nitrogens is 3. The molecule has 14 heteroatoms. The molecule has 2 amide bonds. The lowest BCUT2D eigenvalue weighted by Crippen LogP contribution is -2.49. The summed E-state index contributed by atoms with van der Waals surface area (Å²) in [5, 5.41) is 20.5. The monoisotopic (exact) mass is 484 g/mol. The molecule has 0 bridgehead atoms. The second kappa shape index (κ2) is 10.9. The lowest BCUT2D eigenvalue weighted by Gasteiger charge is -2.17. The molecule has 0 radical (unpaired) electrons. The predicted octanol–water partition coefficient (Wildman–Crippen LogP) is 1.35. The molecule has 34 heavy (non-hydrogen) atoms. The van der Waals surface area contributed by atoms with Gasteiger partial charge in [-0.2, -0.15) is 18.3 Å². The summed E-state index contributed by atoms with van der Waals surface area (Å²) in [5.41, 5.74) is 2.18. The van der Waals surface area contributed by atoms with Crippen molar-refractivity contribution in [2.75, 3.05) is 25.0 Å². The number of carbonyl (C=O) groups excluding carboxylic acids is 2. The number of amides is 2. The Morgan fingerprint density at radius 3 is 2.82 bits per heavy atom. The summed E-state index contributed by atoms with van der Waals surface area (Å²) >= 11 is 0. The van der Waals surface area contributed by atoms with Gasteiger partial charge in [-0.15, -0.1) is 0 Å². The molecule has 3 rings (SSSR count). The lowest BCUT2D eigenvalue weighted by molar-refractivity contribution is -0.160. The Morgan fingerprint density at radius 2 is 2.09 bits per heavy atom. The molecule has 0 saturated carbocycles. The largest absolute Gasteiger partial charge is 0.480 e. The molecule has 1 atom stereocenters. The normalized spacial score (nSPS) is 13.9. The van der Waals surface area contributed by atoms with Gasteiger partial charge in [0.2, 0.25) is 0 Å². The predicted molar refractivity (Wildman–Crippen MR) is 111 cm³/mol. The van der Waals surface area contributed by atoms with E-state index in [-0.39, 0.29) is 5.56 Å². The van der Waals surface area contributed by atoms with E-state index < -0.39 is 43.3 Å². The summed E-state index contributed by atoms with van der Waals surface area (Å²) in [6.45, 7) is -1.11. The topological polar surface area (TPSA) is 147 Å². The lowest BCUT2D eigenvalue weighted by atomic mass is 10.1. The van der Waals surface area contributed by atoms with Crippen LogP contribution in [0.5, 0.6) is 0 Å². The van der Waals surface area contributed by atoms with Crippen molar-refractivity contribution in [3.63, 3.8) is 0 Å². The number of nitrogens with zero attached hydrogens (tertiary/aromatic N) is 3. The van der Waals surface area contributed by atoms with Crippen LogP contribution >= 0.6 is 0 Å². The first-order valence-electron chi connectivity index (χ1n) is 10.4. The van der Waals surface area contributed by atoms with Crippen molar-refractivity contribution >= 4 is 23.8 Å². The van der Waals surface area contributed by atoms with E-state index >= 15 is 0 Å². The SMILES string of the molecule is O=C(NC(CNC(=O)c1cnn(CCc2ccc3c(n2)NCCC3)c1)C(=O)O)OCC(F)(F)F. The third kappa shape index (κ3) is 7.35. The van der Waals surface area contributed by atoms with Gasteiger partial charge in [0.05, 0.1) is 11.8 Å². The van der Waals surface area contributed by atoms with E-state index in [1.165, 1.54) is 22.6 Å². The zero-order valence-corrected chi connectivity index (χ0v) is 17.9. The molecule has 11 nitrogen and oxygen atoms in total. The van der Waals surface area contributed by atoms with Crippen LogP contribution in [-0.4, -0.2) is 69.8 Å². The minimum absolute atomic E-state index is 0.142. The molecular weight excluding hydrogens is 461 g/mol. The summed E-state index contributed by atoms with van der Waals surface area (Å²) in [4.78, 5) is 39.5. The maximum atomic E-state index is 12.3. The van der Waals surface area contributed by atoms with Crippen molar-refractivity contribution in [3.8, 4) is 0 Å². The van der Waals surface area contributed by atoms with Crippen molar-refractivity contribution in [1.29, 1.82) is 0 Å². The number of carboxylic acid groups (broad SMARTS) is 1. The first kappa shape index (κ1) is 24.8. The summed E-state index contributed by atoms with van der Waals surface area (Å²) in [7, 11) is 0. The smallest absolute Gasteiger partial charge is 0.422 e.